The average molecular weight is 144 g/mol. The van der Waals surface area contributed by atoms with Crippen LogP contribution in [0.5, 0.6) is 0 Å². The predicted octanol–water partition coefficient (Wildman–Crippen LogP) is -1.52. The highest BCUT2D eigenvalue weighted by atomic mass is 16.6. The molecular formula is C5H10N3O2+. The summed E-state index contributed by atoms with van der Waals surface area (Å²) in [4.78, 5) is 12.5. The van der Waals surface area contributed by atoms with Gasteiger partial charge in [0.2, 0.25) is 6.67 Å². The molecule has 0 radical (unpaired) electrons. The Morgan fingerprint density at radius 3 is 2.70 bits per heavy atom. The fourth-order valence-electron chi connectivity index (χ4n) is 1.02. The molecule has 0 bridgehead atoms. The molecule has 0 spiro atoms. The first kappa shape index (κ1) is 7.01. The second-order valence-electron chi connectivity index (χ2n) is 2.46. The normalized spacial score (nSPS) is 24.8. The Morgan fingerprint density at radius 2 is 2.50 bits per heavy atom. The van der Waals surface area contributed by atoms with Gasteiger partial charge in [-0.2, -0.15) is 0 Å². The second kappa shape index (κ2) is 2.26. The molecular weight excluding hydrogens is 134 g/mol. The Kier molecular flexibility index (Phi) is 1.58. The van der Waals surface area contributed by atoms with Gasteiger partial charge in [-0.25, -0.2) is 4.90 Å². The van der Waals surface area contributed by atoms with Crippen LogP contribution in [-0.2, 0) is 0 Å². The van der Waals surface area contributed by atoms with Gasteiger partial charge in [0.1, 0.15) is 0 Å². The molecule has 0 aliphatic carbocycles. The summed E-state index contributed by atoms with van der Waals surface area (Å²) in [6.07, 6.45) is 1.60. The fraction of sp³-hybridized carbons (Fsp3) is 0.600. The van der Waals surface area contributed by atoms with Gasteiger partial charge >= 0.3 is 5.82 Å². The zero-order valence-electron chi connectivity index (χ0n) is 6.00. The maximum atomic E-state index is 10.2. The van der Waals surface area contributed by atoms with Gasteiger partial charge in [-0.15, -0.1) is 0 Å². The summed E-state index contributed by atoms with van der Waals surface area (Å²) in [5, 5.41) is 10.2. The van der Waals surface area contributed by atoms with Crippen molar-refractivity contribution in [2.75, 3.05) is 20.8 Å². The lowest BCUT2D eigenvalue weighted by Crippen LogP contribution is -3.03. The van der Waals surface area contributed by atoms with Crippen molar-refractivity contribution in [2.45, 2.75) is 0 Å². The third-order valence-corrected chi connectivity index (χ3v) is 1.44. The molecule has 1 rings (SSSR count). The van der Waals surface area contributed by atoms with Crippen LogP contribution in [0.15, 0.2) is 12.0 Å². The smallest absolute Gasteiger partial charge is 0.358 e. The van der Waals surface area contributed by atoms with Crippen molar-refractivity contribution >= 4 is 0 Å². The largest absolute Gasteiger partial charge is 0.376 e. The van der Waals surface area contributed by atoms with Gasteiger partial charge in [0.05, 0.1) is 14.1 Å². The molecule has 1 aliphatic heterocycles. The minimum Gasteiger partial charge on any atom is -0.358 e. The van der Waals surface area contributed by atoms with E-state index in [0.717, 1.165) is 4.90 Å². The number of nitrogens with one attached hydrogen (secondary N) is 1. The molecule has 1 N–H and O–H groups in total. The lowest BCUT2D eigenvalue weighted by atomic mass is 10.7. The molecule has 10 heavy (non-hydrogen) atoms. The number of quaternary nitrogens is 1. The van der Waals surface area contributed by atoms with Crippen molar-refractivity contribution < 1.29 is 9.82 Å². The molecule has 0 amide bonds. The van der Waals surface area contributed by atoms with Crippen molar-refractivity contribution in [3.05, 3.63) is 22.1 Å². The van der Waals surface area contributed by atoms with E-state index in [2.05, 4.69) is 0 Å². The fourth-order valence-corrected chi connectivity index (χ4v) is 1.02. The summed E-state index contributed by atoms with van der Waals surface area (Å²) in [7, 11) is 3.60. The molecule has 5 heteroatoms. The van der Waals surface area contributed by atoms with Crippen LogP contribution in [0.1, 0.15) is 0 Å². The van der Waals surface area contributed by atoms with E-state index in [9.17, 15) is 10.1 Å². The summed E-state index contributed by atoms with van der Waals surface area (Å²) in [6, 6.07) is 0. The minimum absolute atomic E-state index is 0.192. The summed E-state index contributed by atoms with van der Waals surface area (Å²) in [5.41, 5.74) is 0. The number of hydrogen-bond donors (Lipinski definition) is 1. The van der Waals surface area contributed by atoms with Crippen LogP contribution in [0, 0.1) is 10.1 Å². The molecule has 0 saturated heterocycles. The Bertz CT molecular complexity index is 189. The zero-order valence-corrected chi connectivity index (χ0v) is 6.00. The van der Waals surface area contributed by atoms with Gasteiger partial charge in [-0.05, 0) is 4.92 Å². The summed E-state index contributed by atoms with van der Waals surface area (Å²) >= 11 is 0. The molecule has 0 aromatic rings. The molecule has 0 aromatic carbocycles. The van der Waals surface area contributed by atoms with Crippen LogP contribution in [0.3, 0.4) is 0 Å². The van der Waals surface area contributed by atoms with Gasteiger partial charge in [0.25, 0.3) is 0 Å². The van der Waals surface area contributed by atoms with E-state index in [4.69, 9.17) is 0 Å². The molecule has 1 aliphatic rings. The topological polar surface area (TPSA) is 50.8 Å². The molecule has 56 valence electrons. The highest BCUT2D eigenvalue weighted by Crippen LogP contribution is 2.00. The van der Waals surface area contributed by atoms with E-state index >= 15 is 0 Å². The highest BCUT2D eigenvalue weighted by molar-refractivity contribution is 4.85. The zero-order chi connectivity index (χ0) is 7.72. The van der Waals surface area contributed by atoms with Crippen LogP contribution in [0.4, 0.5) is 0 Å². The first-order valence-corrected chi connectivity index (χ1v) is 3.01. The van der Waals surface area contributed by atoms with E-state index in [1.54, 1.807) is 18.1 Å². The monoisotopic (exact) mass is 144 g/mol. The predicted molar refractivity (Wildman–Crippen MR) is 34.6 cm³/mol. The quantitative estimate of drug-likeness (QED) is 0.359. The first-order valence-electron chi connectivity index (χ1n) is 3.01. The van der Waals surface area contributed by atoms with Crippen LogP contribution >= 0.6 is 0 Å². The molecule has 1 atom stereocenters. The van der Waals surface area contributed by atoms with Crippen molar-refractivity contribution in [1.29, 1.82) is 0 Å². The highest BCUT2D eigenvalue weighted by Gasteiger charge is 2.28. The van der Waals surface area contributed by atoms with E-state index in [1.165, 1.54) is 0 Å². The summed E-state index contributed by atoms with van der Waals surface area (Å²) < 4.78 is 0. The lowest BCUT2D eigenvalue weighted by molar-refractivity contribution is -0.826. The number of hydrogen-bond acceptors (Lipinski definition) is 3. The van der Waals surface area contributed by atoms with Crippen LogP contribution in [0.25, 0.3) is 0 Å². The van der Waals surface area contributed by atoms with Gasteiger partial charge in [-0.3, -0.25) is 4.90 Å². The minimum atomic E-state index is -0.365. The second-order valence-corrected chi connectivity index (χ2v) is 2.46. The van der Waals surface area contributed by atoms with Gasteiger partial charge in [0.15, 0.2) is 6.20 Å². The first-order chi connectivity index (χ1) is 4.61. The summed E-state index contributed by atoms with van der Waals surface area (Å²) in [6.45, 7) is 0.677. The van der Waals surface area contributed by atoms with Crippen LogP contribution in [-0.4, -0.2) is 30.6 Å². The maximum Gasteiger partial charge on any atom is 0.376 e. The third-order valence-electron chi connectivity index (χ3n) is 1.44. The Balaban J connectivity index is 2.75. The van der Waals surface area contributed by atoms with E-state index in [0.29, 0.717) is 6.67 Å². The summed E-state index contributed by atoms with van der Waals surface area (Å²) in [5.74, 6) is 0.192. The van der Waals surface area contributed by atoms with Crippen molar-refractivity contribution in [3.63, 3.8) is 0 Å². The SMILES string of the molecule is CN1C[NH+](C)C=C1[N+](=O)[O-]. The van der Waals surface area contributed by atoms with Crippen LogP contribution < -0.4 is 4.90 Å². The number of nitro groups is 1. The number of rotatable bonds is 1. The third kappa shape index (κ3) is 1.08. The van der Waals surface area contributed by atoms with E-state index in [1.807, 2.05) is 7.05 Å². The molecule has 1 unspecified atom stereocenters. The van der Waals surface area contributed by atoms with Gasteiger partial charge in [-0.1, -0.05) is 0 Å². The van der Waals surface area contributed by atoms with E-state index < -0.39 is 0 Å². The van der Waals surface area contributed by atoms with Crippen molar-refractivity contribution in [1.82, 2.24) is 4.90 Å². The van der Waals surface area contributed by atoms with Gasteiger partial charge in [0, 0.05) is 0 Å². The van der Waals surface area contributed by atoms with Crippen molar-refractivity contribution in [2.24, 2.45) is 0 Å². The number of nitrogens with zero attached hydrogens (tertiary/aromatic N) is 2. The lowest BCUT2D eigenvalue weighted by Gasteiger charge is -2.03. The standard InChI is InChI=1S/C5H9N3O2/c1-6-3-5(8(9)10)7(2)4-6/h3H,4H2,1-2H3/p+1. The van der Waals surface area contributed by atoms with Gasteiger partial charge < -0.3 is 10.1 Å². The Morgan fingerprint density at radius 1 is 1.90 bits per heavy atom. The molecule has 5 nitrogen and oxygen atoms in total. The average Bonchev–Trinajstić information content (AvgIpc) is 2.10. The maximum absolute atomic E-state index is 10.2. The van der Waals surface area contributed by atoms with Crippen molar-refractivity contribution in [3.8, 4) is 0 Å². The van der Waals surface area contributed by atoms with Crippen LogP contribution in [0.2, 0.25) is 0 Å². The Hall–Kier alpha value is -1.10. The molecule has 0 aromatic heterocycles. The Labute approximate surface area is 58.7 Å². The molecule has 0 saturated carbocycles. The molecule has 1 heterocycles. The molecule has 0 fully saturated rings. The van der Waals surface area contributed by atoms with E-state index in [-0.39, 0.29) is 10.7 Å².